The Bertz CT molecular complexity index is 603. The molecule has 0 aliphatic carbocycles. The molecule has 124 valence electrons. The molecule has 7 heteroatoms. The summed E-state index contributed by atoms with van der Waals surface area (Å²) in [5.74, 6) is 2.79. The van der Waals surface area contributed by atoms with Crippen molar-refractivity contribution >= 4 is 17.6 Å². The summed E-state index contributed by atoms with van der Waals surface area (Å²) in [5, 5.41) is 11.9. The van der Waals surface area contributed by atoms with Gasteiger partial charge in [0.2, 0.25) is 11.9 Å². The monoisotopic (exact) mass is 317 g/mol. The average Bonchev–Trinajstić information content (AvgIpc) is 2.53. The van der Waals surface area contributed by atoms with Crippen LogP contribution in [-0.2, 0) is 0 Å². The van der Waals surface area contributed by atoms with Gasteiger partial charge in [0.05, 0.1) is 6.61 Å². The molecular weight excluding hydrogens is 294 g/mol. The van der Waals surface area contributed by atoms with E-state index in [4.69, 9.17) is 9.84 Å². The van der Waals surface area contributed by atoms with Crippen LogP contribution in [0.5, 0.6) is 5.75 Å². The highest BCUT2D eigenvalue weighted by Gasteiger charge is 2.11. The number of hydrogen-bond donors (Lipinski definition) is 2. The topological polar surface area (TPSA) is 83.4 Å². The first-order valence-electron chi connectivity index (χ1n) is 7.53. The molecule has 2 rings (SSSR count). The van der Waals surface area contributed by atoms with Crippen molar-refractivity contribution in [3.8, 4) is 5.75 Å². The van der Waals surface area contributed by atoms with Crippen molar-refractivity contribution in [2.24, 2.45) is 0 Å². The van der Waals surface area contributed by atoms with Crippen molar-refractivity contribution in [3.05, 3.63) is 30.1 Å². The van der Waals surface area contributed by atoms with Crippen molar-refractivity contribution in [2.75, 3.05) is 37.5 Å². The first kappa shape index (κ1) is 17.0. The molecule has 0 bridgehead atoms. The maximum Gasteiger partial charge on any atom is 0.232 e. The van der Waals surface area contributed by atoms with Crippen LogP contribution in [0.25, 0.3) is 0 Å². The Morgan fingerprint density at radius 2 is 1.83 bits per heavy atom. The quantitative estimate of drug-likeness (QED) is 0.809. The van der Waals surface area contributed by atoms with E-state index in [0.29, 0.717) is 17.6 Å². The van der Waals surface area contributed by atoms with Crippen LogP contribution < -0.4 is 15.0 Å². The van der Waals surface area contributed by atoms with Gasteiger partial charge in [-0.3, -0.25) is 0 Å². The number of nitrogens with zero attached hydrogens (tertiary/aromatic N) is 4. The summed E-state index contributed by atoms with van der Waals surface area (Å²) >= 11 is 0. The summed E-state index contributed by atoms with van der Waals surface area (Å²) in [7, 11) is 3.80. The summed E-state index contributed by atoms with van der Waals surface area (Å²) in [6.07, 6.45) is 0. The molecule has 0 spiro atoms. The Morgan fingerprint density at radius 3 is 2.39 bits per heavy atom. The molecule has 0 saturated heterocycles. The number of aliphatic hydroxyl groups excluding tert-OH is 1. The van der Waals surface area contributed by atoms with Crippen molar-refractivity contribution in [1.82, 2.24) is 15.0 Å². The molecule has 0 aliphatic heterocycles. The fourth-order valence-electron chi connectivity index (χ4n) is 1.82. The van der Waals surface area contributed by atoms with Gasteiger partial charge in [-0.1, -0.05) is 13.8 Å². The van der Waals surface area contributed by atoms with E-state index in [9.17, 15) is 0 Å². The van der Waals surface area contributed by atoms with Gasteiger partial charge in [0, 0.05) is 25.7 Å². The average molecular weight is 317 g/mol. The van der Waals surface area contributed by atoms with Gasteiger partial charge in [0.25, 0.3) is 0 Å². The van der Waals surface area contributed by atoms with Crippen LogP contribution in [0.1, 0.15) is 25.6 Å². The second-order valence-corrected chi connectivity index (χ2v) is 5.59. The van der Waals surface area contributed by atoms with Crippen LogP contribution in [0.15, 0.2) is 24.3 Å². The van der Waals surface area contributed by atoms with E-state index < -0.39 is 0 Å². The molecular formula is C16H23N5O2. The first-order chi connectivity index (χ1) is 11.0. The zero-order valence-corrected chi connectivity index (χ0v) is 13.9. The van der Waals surface area contributed by atoms with Crippen molar-refractivity contribution in [3.63, 3.8) is 0 Å². The lowest BCUT2D eigenvalue weighted by Crippen LogP contribution is -2.16. The second-order valence-electron chi connectivity index (χ2n) is 5.59. The highest BCUT2D eigenvalue weighted by Crippen LogP contribution is 2.20. The Hall–Kier alpha value is -2.41. The van der Waals surface area contributed by atoms with E-state index in [1.54, 1.807) is 0 Å². The molecule has 1 aromatic carbocycles. The third-order valence-electron chi connectivity index (χ3n) is 3.03. The Labute approximate surface area is 136 Å². The number of aromatic nitrogens is 3. The molecule has 2 N–H and O–H groups in total. The molecule has 2 aromatic rings. The molecule has 1 aromatic heterocycles. The minimum absolute atomic E-state index is 0.00382. The standard InChI is InChI=1S/C16H23N5O2/c1-11(2)14-18-15(20-16(19-14)21(3)4)17-12-5-7-13(8-6-12)23-10-9-22/h5-8,11,22H,9-10H2,1-4H3,(H,17,18,19,20). The van der Waals surface area contributed by atoms with E-state index >= 15 is 0 Å². The van der Waals surface area contributed by atoms with Crippen LogP contribution in [0.2, 0.25) is 0 Å². The van der Waals surface area contributed by atoms with Gasteiger partial charge in [-0.2, -0.15) is 15.0 Å². The summed E-state index contributed by atoms with van der Waals surface area (Å²) in [5.41, 5.74) is 0.854. The summed E-state index contributed by atoms with van der Waals surface area (Å²) < 4.78 is 5.34. The fourth-order valence-corrected chi connectivity index (χ4v) is 1.82. The van der Waals surface area contributed by atoms with E-state index in [0.717, 1.165) is 11.5 Å². The van der Waals surface area contributed by atoms with E-state index in [-0.39, 0.29) is 19.1 Å². The Balaban J connectivity index is 2.18. The number of hydrogen-bond acceptors (Lipinski definition) is 7. The van der Waals surface area contributed by atoms with Crippen molar-refractivity contribution in [2.45, 2.75) is 19.8 Å². The Kier molecular flexibility index (Phi) is 5.70. The Morgan fingerprint density at radius 1 is 1.13 bits per heavy atom. The molecule has 7 nitrogen and oxygen atoms in total. The lowest BCUT2D eigenvalue weighted by molar-refractivity contribution is 0.201. The summed E-state index contributed by atoms with van der Waals surface area (Å²) in [4.78, 5) is 15.2. The molecule has 0 amide bonds. The number of nitrogens with one attached hydrogen (secondary N) is 1. The van der Waals surface area contributed by atoms with Gasteiger partial charge in [-0.25, -0.2) is 0 Å². The van der Waals surface area contributed by atoms with Gasteiger partial charge in [0.15, 0.2) is 0 Å². The molecule has 0 aliphatic rings. The maximum absolute atomic E-state index is 8.75. The van der Waals surface area contributed by atoms with Crippen molar-refractivity contribution < 1.29 is 9.84 Å². The van der Waals surface area contributed by atoms with Gasteiger partial charge < -0.3 is 20.1 Å². The fraction of sp³-hybridized carbons (Fsp3) is 0.438. The molecule has 0 atom stereocenters. The lowest BCUT2D eigenvalue weighted by Gasteiger charge is -2.15. The van der Waals surface area contributed by atoms with E-state index in [1.807, 2.05) is 57.1 Å². The van der Waals surface area contributed by atoms with Crippen molar-refractivity contribution in [1.29, 1.82) is 0 Å². The van der Waals surface area contributed by atoms with Crippen LogP contribution in [0, 0.1) is 0 Å². The molecule has 1 heterocycles. The number of rotatable bonds is 7. The molecule has 23 heavy (non-hydrogen) atoms. The number of benzene rings is 1. The summed E-state index contributed by atoms with van der Waals surface area (Å²) in [6, 6.07) is 7.41. The number of aliphatic hydroxyl groups is 1. The SMILES string of the molecule is CC(C)c1nc(Nc2ccc(OCCO)cc2)nc(N(C)C)n1. The third kappa shape index (κ3) is 4.79. The van der Waals surface area contributed by atoms with Gasteiger partial charge in [-0.15, -0.1) is 0 Å². The lowest BCUT2D eigenvalue weighted by atomic mass is 10.2. The zero-order valence-electron chi connectivity index (χ0n) is 13.9. The molecule has 0 fully saturated rings. The maximum atomic E-state index is 8.75. The van der Waals surface area contributed by atoms with Crippen LogP contribution in [0.3, 0.4) is 0 Å². The van der Waals surface area contributed by atoms with Gasteiger partial charge in [-0.05, 0) is 24.3 Å². The first-order valence-corrected chi connectivity index (χ1v) is 7.53. The molecule has 0 radical (unpaired) electrons. The molecule has 0 unspecified atom stereocenters. The summed E-state index contributed by atoms with van der Waals surface area (Å²) in [6.45, 7) is 4.37. The minimum Gasteiger partial charge on any atom is -0.491 e. The van der Waals surface area contributed by atoms with Crippen LogP contribution >= 0.6 is 0 Å². The number of ether oxygens (including phenoxy) is 1. The van der Waals surface area contributed by atoms with Gasteiger partial charge >= 0.3 is 0 Å². The zero-order chi connectivity index (χ0) is 16.8. The third-order valence-corrected chi connectivity index (χ3v) is 3.03. The van der Waals surface area contributed by atoms with Crippen LogP contribution in [-0.4, -0.2) is 47.4 Å². The number of anilines is 3. The van der Waals surface area contributed by atoms with Crippen LogP contribution in [0.4, 0.5) is 17.6 Å². The smallest absolute Gasteiger partial charge is 0.232 e. The normalized spacial score (nSPS) is 10.7. The predicted molar refractivity (Wildman–Crippen MR) is 90.5 cm³/mol. The second kappa shape index (κ2) is 7.73. The minimum atomic E-state index is -0.00382. The highest BCUT2D eigenvalue weighted by molar-refractivity contribution is 5.55. The van der Waals surface area contributed by atoms with E-state index in [1.165, 1.54) is 0 Å². The largest absolute Gasteiger partial charge is 0.491 e. The molecule has 0 saturated carbocycles. The van der Waals surface area contributed by atoms with E-state index in [2.05, 4.69) is 20.3 Å². The van der Waals surface area contributed by atoms with Gasteiger partial charge in [0.1, 0.15) is 18.2 Å². The highest BCUT2D eigenvalue weighted by atomic mass is 16.5. The predicted octanol–water partition coefficient (Wildman–Crippen LogP) is 2.18.